The van der Waals surface area contributed by atoms with Gasteiger partial charge in [0.05, 0.1) is 16.8 Å². The van der Waals surface area contributed by atoms with E-state index in [9.17, 15) is 22.4 Å². The van der Waals surface area contributed by atoms with Gasteiger partial charge in [-0.05, 0) is 72.9 Å². The summed E-state index contributed by atoms with van der Waals surface area (Å²) in [6.45, 7) is 7.50. The van der Waals surface area contributed by atoms with Crippen LogP contribution in [-0.4, -0.2) is 10.9 Å². The van der Waals surface area contributed by atoms with Gasteiger partial charge >= 0.3 is 6.18 Å². The summed E-state index contributed by atoms with van der Waals surface area (Å²) in [5.74, 6) is -1.07. The van der Waals surface area contributed by atoms with Gasteiger partial charge in [-0.25, -0.2) is 4.39 Å². The number of benzene rings is 2. The van der Waals surface area contributed by atoms with Crippen molar-refractivity contribution in [1.82, 2.24) is 10.3 Å². The molecule has 0 saturated heterocycles. The number of allylic oxidation sites excluding steroid dienone is 2. The van der Waals surface area contributed by atoms with Crippen LogP contribution in [0.3, 0.4) is 0 Å². The molecule has 2 aromatic carbocycles. The molecule has 0 bridgehead atoms. The predicted octanol–water partition coefficient (Wildman–Crippen LogP) is 6.67. The van der Waals surface area contributed by atoms with Gasteiger partial charge in [-0.15, -0.1) is 13.2 Å². The van der Waals surface area contributed by atoms with Crippen LogP contribution in [0.2, 0.25) is 0 Å². The number of halogens is 4. The number of alkyl halides is 3. The molecule has 1 aromatic heterocycles. The number of anilines is 2. The summed E-state index contributed by atoms with van der Waals surface area (Å²) in [5, 5.41) is 2.86. The second-order valence-electron chi connectivity index (χ2n) is 8.14. The van der Waals surface area contributed by atoms with Gasteiger partial charge in [-0.2, -0.15) is 13.2 Å². The number of carbonyl (C=O) groups excluding carboxylic acids is 1. The van der Waals surface area contributed by atoms with E-state index in [0.29, 0.717) is 41.8 Å². The van der Waals surface area contributed by atoms with Crippen molar-refractivity contribution < 1.29 is 22.4 Å². The third-order valence-electron chi connectivity index (χ3n) is 5.87. The lowest BCUT2D eigenvalue weighted by atomic mass is 9.96. The Bertz CT molecular complexity index is 1290. The van der Waals surface area contributed by atoms with Crippen molar-refractivity contribution in [3.05, 3.63) is 114 Å². The summed E-state index contributed by atoms with van der Waals surface area (Å²) in [6.07, 6.45) is 2.77. The van der Waals surface area contributed by atoms with Crippen molar-refractivity contribution >= 4 is 17.3 Å². The zero-order chi connectivity index (χ0) is 25.2. The summed E-state index contributed by atoms with van der Waals surface area (Å²) in [5.41, 5.74) is 1.96. The van der Waals surface area contributed by atoms with E-state index < -0.39 is 29.6 Å². The predicted molar refractivity (Wildman–Crippen MR) is 127 cm³/mol. The molecule has 0 aliphatic carbocycles. The Morgan fingerprint density at radius 2 is 1.80 bits per heavy atom. The maximum absolute atomic E-state index is 14.2. The molecule has 3 aromatic rings. The standard InChI is InChI=1S/C27H23F4N3O/c1-3-5-7-17-14-20(28)9-11-23(17)34-24-10-8-19(27(29,30)31)15-22(24)26(35)33-25(34)21-12-13-32-16-18(21)6-4-2/h3-4,8-16,25H,1-2,5-7H2,(H,33,35). The molecule has 180 valence electrons. The lowest BCUT2D eigenvalue weighted by Crippen LogP contribution is -2.45. The monoisotopic (exact) mass is 481 g/mol. The smallest absolute Gasteiger partial charge is 0.327 e. The van der Waals surface area contributed by atoms with Crippen LogP contribution in [-0.2, 0) is 19.0 Å². The first kappa shape index (κ1) is 24.2. The lowest BCUT2D eigenvalue weighted by Gasteiger charge is -2.41. The molecule has 1 aliphatic rings. The Hall–Kier alpha value is -3.94. The Labute approximate surface area is 200 Å². The minimum Gasteiger partial charge on any atom is -0.327 e. The fraction of sp³-hybridized carbons (Fsp3) is 0.185. The first-order valence-corrected chi connectivity index (χ1v) is 11.0. The van der Waals surface area contributed by atoms with Crippen LogP contribution in [0.15, 0.2) is 80.2 Å². The summed E-state index contributed by atoms with van der Waals surface area (Å²) in [4.78, 5) is 19.0. The van der Waals surface area contributed by atoms with Gasteiger partial charge < -0.3 is 10.2 Å². The topological polar surface area (TPSA) is 45.2 Å². The molecular formula is C27H23F4N3O. The molecule has 2 heterocycles. The Morgan fingerprint density at radius 1 is 1.03 bits per heavy atom. The largest absolute Gasteiger partial charge is 0.416 e. The molecule has 0 fully saturated rings. The van der Waals surface area contributed by atoms with Crippen LogP contribution >= 0.6 is 0 Å². The maximum atomic E-state index is 14.2. The first-order valence-electron chi connectivity index (χ1n) is 11.0. The van der Waals surface area contributed by atoms with E-state index in [0.717, 1.165) is 17.7 Å². The minimum atomic E-state index is -4.61. The van der Waals surface area contributed by atoms with E-state index in [4.69, 9.17) is 0 Å². The van der Waals surface area contributed by atoms with Crippen molar-refractivity contribution in [2.45, 2.75) is 31.6 Å². The van der Waals surface area contributed by atoms with Crippen molar-refractivity contribution in [1.29, 1.82) is 0 Å². The van der Waals surface area contributed by atoms with E-state index >= 15 is 0 Å². The summed E-state index contributed by atoms with van der Waals surface area (Å²) < 4.78 is 54.5. The summed E-state index contributed by atoms with van der Waals surface area (Å²) in [6, 6.07) is 9.10. The molecule has 1 amide bonds. The van der Waals surface area contributed by atoms with Gasteiger partial charge in [-0.1, -0.05) is 12.2 Å². The quantitative estimate of drug-likeness (QED) is 0.303. The van der Waals surface area contributed by atoms with Crippen LogP contribution in [0.25, 0.3) is 0 Å². The third-order valence-corrected chi connectivity index (χ3v) is 5.87. The SMILES string of the molecule is C=CCCc1cc(F)ccc1N1c2ccc(C(F)(F)F)cc2C(=O)NC1c1ccncc1CC=C. The van der Waals surface area contributed by atoms with Gasteiger partial charge in [-0.3, -0.25) is 9.78 Å². The molecule has 35 heavy (non-hydrogen) atoms. The number of pyridine rings is 1. The van der Waals surface area contributed by atoms with E-state index in [-0.39, 0.29) is 5.56 Å². The molecular weight excluding hydrogens is 458 g/mol. The van der Waals surface area contributed by atoms with Crippen LogP contribution in [0, 0.1) is 5.82 Å². The van der Waals surface area contributed by atoms with E-state index in [1.54, 1.807) is 41.6 Å². The average molecular weight is 481 g/mol. The zero-order valence-corrected chi connectivity index (χ0v) is 18.8. The van der Waals surface area contributed by atoms with E-state index in [1.165, 1.54) is 18.2 Å². The number of aryl methyl sites for hydroxylation is 1. The number of hydrogen-bond acceptors (Lipinski definition) is 3. The number of aromatic nitrogens is 1. The van der Waals surface area contributed by atoms with Crippen LogP contribution in [0.4, 0.5) is 28.9 Å². The molecule has 1 atom stereocenters. The van der Waals surface area contributed by atoms with Gasteiger partial charge in [0.1, 0.15) is 12.0 Å². The highest BCUT2D eigenvalue weighted by Crippen LogP contribution is 2.43. The molecule has 0 spiro atoms. The van der Waals surface area contributed by atoms with Crippen molar-refractivity contribution in [3.63, 3.8) is 0 Å². The molecule has 1 N–H and O–H groups in total. The number of rotatable bonds is 7. The number of nitrogens with zero attached hydrogens (tertiary/aromatic N) is 2. The highest BCUT2D eigenvalue weighted by Gasteiger charge is 2.38. The number of nitrogens with one attached hydrogen (secondary N) is 1. The molecule has 1 aliphatic heterocycles. The average Bonchev–Trinajstić information content (AvgIpc) is 2.83. The van der Waals surface area contributed by atoms with Gasteiger partial charge in [0.2, 0.25) is 0 Å². The lowest BCUT2D eigenvalue weighted by molar-refractivity contribution is -0.137. The highest BCUT2D eigenvalue weighted by molar-refractivity contribution is 6.03. The maximum Gasteiger partial charge on any atom is 0.416 e. The minimum absolute atomic E-state index is 0.116. The third kappa shape index (κ3) is 4.82. The van der Waals surface area contributed by atoms with Crippen molar-refractivity contribution in [3.8, 4) is 0 Å². The van der Waals surface area contributed by atoms with E-state index in [2.05, 4.69) is 23.5 Å². The first-order chi connectivity index (χ1) is 16.7. The molecule has 0 saturated carbocycles. The number of hydrogen-bond donors (Lipinski definition) is 1. The van der Waals surface area contributed by atoms with Crippen LogP contribution < -0.4 is 10.2 Å². The second-order valence-corrected chi connectivity index (χ2v) is 8.14. The van der Waals surface area contributed by atoms with Gasteiger partial charge in [0.25, 0.3) is 5.91 Å². The molecule has 4 nitrogen and oxygen atoms in total. The normalized spacial score (nSPS) is 15.4. The zero-order valence-electron chi connectivity index (χ0n) is 18.8. The van der Waals surface area contributed by atoms with Crippen LogP contribution in [0.1, 0.15) is 45.2 Å². The molecule has 4 rings (SSSR count). The Morgan fingerprint density at radius 3 is 2.51 bits per heavy atom. The highest BCUT2D eigenvalue weighted by atomic mass is 19.4. The van der Waals surface area contributed by atoms with Gasteiger partial charge in [0.15, 0.2) is 0 Å². The Balaban J connectivity index is 1.97. The number of carbonyl (C=O) groups is 1. The van der Waals surface area contributed by atoms with E-state index in [1.807, 2.05) is 0 Å². The van der Waals surface area contributed by atoms with Crippen molar-refractivity contribution in [2.24, 2.45) is 0 Å². The van der Waals surface area contributed by atoms with Crippen molar-refractivity contribution in [2.75, 3.05) is 4.90 Å². The van der Waals surface area contributed by atoms with Gasteiger partial charge in [0, 0.05) is 23.6 Å². The summed E-state index contributed by atoms with van der Waals surface area (Å²) in [7, 11) is 0. The summed E-state index contributed by atoms with van der Waals surface area (Å²) >= 11 is 0. The fourth-order valence-corrected chi connectivity index (χ4v) is 4.27. The van der Waals surface area contributed by atoms with Crippen LogP contribution in [0.5, 0.6) is 0 Å². The number of fused-ring (bicyclic) bond motifs is 1. The molecule has 8 heteroatoms. The molecule has 0 radical (unpaired) electrons. The second kappa shape index (κ2) is 9.74. The fourth-order valence-electron chi connectivity index (χ4n) is 4.27. The number of amides is 1. The molecule has 1 unspecified atom stereocenters. The Kier molecular flexibility index (Phi) is 6.73.